The summed E-state index contributed by atoms with van der Waals surface area (Å²) in [6.45, 7) is 5.57. The first kappa shape index (κ1) is 18.2. The van der Waals surface area contributed by atoms with E-state index in [1.165, 1.54) is 23.3 Å². The summed E-state index contributed by atoms with van der Waals surface area (Å²) in [5.41, 5.74) is 3.66. The van der Waals surface area contributed by atoms with Crippen molar-refractivity contribution in [1.82, 2.24) is 19.8 Å². The Morgan fingerprint density at radius 1 is 1.00 bits per heavy atom. The predicted molar refractivity (Wildman–Crippen MR) is 116 cm³/mol. The minimum Gasteiger partial charge on any atom is -0.454 e. The lowest BCUT2D eigenvalue weighted by atomic mass is 10.0. The van der Waals surface area contributed by atoms with E-state index in [0.717, 1.165) is 62.6 Å². The maximum absolute atomic E-state index is 5.70. The summed E-state index contributed by atoms with van der Waals surface area (Å²) in [5.74, 6) is 3.61. The normalized spacial score (nSPS) is 22.2. The van der Waals surface area contributed by atoms with Gasteiger partial charge >= 0.3 is 0 Å². The van der Waals surface area contributed by atoms with Gasteiger partial charge in [0.2, 0.25) is 6.79 Å². The average molecular weight is 405 g/mol. The highest BCUT2D eigenvalue weighted by atomic mass is 16.7. The van der Waals surface area contributed by atoms with Gasteiger partial charge in [0.25, 0.3) is 0 Å². The van der Waals surface area contributed by atoms with Gasteiger partial charge in [0.15, 0.2) is 11.5 Å². The third-order valence-corrected chi connectivity index (χ3v) is 6.84. The molecule has 3 aliphatic heterocycles. The van der Waals surface area contributed by atoms with Gasteiger partial charge in [-0.2, -0.15) is 0 Å². The molecule has 1 aromatic heterocycles. The van der Waals surface area contributed by atoms with Crippen LogP contribution in [0, 0.1) is 0 Å². The number of aromatic nitrogens is 2. The molecule has 3 aliphatic rings. The lowest BCUT2D eigenvalue weighted by molar-refractivity contribution is 0.165. The molecule has 6 nitrogen and oxygen atoms in total. The molecule has 0 radical (unpaired) electrons. The van der Waals surface area contributed by atoms with E-state index in [9.17, 15) is 0 Å². The van der Waals surface area contributed by atoms with E-state index in [2.05, 4.69) is 51.2 Å². The highest BCUT2D eigenvalue weighted by Crippen LogP contribution is 2.37. The van der Waals surface area contributed by atoms with Gasteiger partial charge in [-0.05, 0) is 44.0 Å². The molecule has 0 amide bonds. The Balaban J connectivity index is 1.22. The number of likely N-dealkylation sites (tertiary alicyclic amines) is 1. The van der Waals surface area contributed by atoms with Gasteiger partial charge in [-0.3, -0.25) is 4.90 Å². The van der Waals surface area contributed by atoms with E-state index in [1.54, 1.807) is 0 Å². The third-order valence-electron chi connectivity index (χ3n) is 6.84. The molecular weight excluding hydrogens is 376 g/mol. The molecule has 0 saturated carbocycles. The Hall–Kier alpha value is -2.57. The molecule has 1 N–H and O–H groups in total. The number of rotatable bonds is 4. The Morgan fingerprint density at radius 2 is 1.90 bits per heavy atom. The van der Waals surface area contributed by atoms with Crippen LogP contribution >= 0.6 is 0 Å². The fourth-order valence-corrected chi connectivity index (χ4v) is 5.30. The van der Waals surface area contributed by atoms with Crippen LogP contribution in [0.2, 0.25) is 0 Å². The predicted octanol–water partition coefficient (Wildman–Crippen LogP) is 3.68. The molecule has 2 saturated heterocycles. The number of para-hydroxylation sites is 3. The Bertz CT molecular complexity index is 1050. The molecule has 4 heterocycles. The van der Waals surface area contributed by atoms with Crippen LogP contribution in [0.15, 0.2) is 42.5 Å². The van der Waals surface area contributed by atoms with Crippen LogP contribution in [-0.4, -0.2) is 47.4 Å². The summed E-state index contributed by atoms with van der Waals surface area (Å²) >= 11 is 0. The smallest absolute Gasteiger partial charge is 0.231 e. The number of fused-ring (bicyclic) bond motifs is 2. The molecule has 0 aliphatic carbocycles. The van der Waals surface area contributed by atoms with Gasteiger partial charge in [0, 0.05) is 43.7 Å². The molecule has 0 bridgehead atoms. The lowest BCUT2D eigenvalue weighted by Gasteiger charge is -2.34. The molecule has 156 valence electrons. The number of nitrogens with one attached hydrogen (secondary N) is 1. The topological polar surface area (TPSA) is 51.6 Å². The van der Waals surface area contributed by atoms with Crippen molar-refractivity contribution in [3.05, 3.63) is 53.9 Å². The largest absolute Gasteiger partial charge is 0.454 e. The van der Waals surface area contributed by atoms with Crippen LogP contribution in [0.25, 0.3) is 11.0 Å². The van der Waals surface area contributed by atoms with Gasteiger partial charge < -0.3 is 19.4 Å². The van der Waals surface area contributed by atoms with Crippen molar-refractivity contribution < 1.29 is 9.47 Å². The first-order valence-corrected chi connectivity index (χ1v) is 11.1. The van der Waals surface area contributed by atoms with Gasteiger partial charge in [-0.15, -0.1) is 0 Å². The number of piperidine rings is 1. The van der Waals surface area contributed by atoms with E-state index in [0.29, 0.717) is 18.8 Å². The zero-order valence-corrected chi connectivity index (χ0v) is 17.2. The average Bonchev–Trinajstić information content (AvgIpc) is 3.53. The number of nitrogens with zero attached hydrogens (tertiary/aromatic N) is 3. The highest BCUT2D eigenvalue weighted by molar-refractivity contribution is 5.76. The van der Waals surface area contributed by atoms with Crippen LogP contribution in [0.1, 0.15) is 42.6 Å². The second kappa shape index (κ2) is 7.60. The molecule has 3 aromatic rings. The highest BCUT2D eigenvalue weighted by Gasteiger charge is 2.29. The van der Waals surface area contributed by atoms with E-state index >= 15 is 0 Å². The number of ether oxygens (including phenoxy) is 2. The summed E-state index contributed by atoms with van der Waals surface area (Å²) in [5, 5.41) is 3.52. The molecule has 30 heavy (non-hydrogen) atoms. The van der Waals surface area contributed by atoms with Gasteiger partial charge in [0.1, 0.15) is 5.82 Å². The summed E-state index contributed by atoms with van der Waals surface area (Å²) < 4.78 is 13.8. The summed E-state index contributed by atoms with van der Waals surface area (Å²) in [4.78, 5) is 7.62. The second-order valence-corrected chi connectivity index (χ2v) is 8.68. The number of benzene rings is 2. The van der Waals surface area contributed by atoms with Crippen molar-refractivity contribution in [3.63, 3.8) is 0 Å². The second-order valence-electron chi connectivity index (χ2n) is 8.68. The molecule has 2 aromatic carbocycles. The fraction of sp³-hybridized carbons (Fsp3) is 0.458. The van der Waals surface area contributed by atoms with E-state index < -0.39 is 0 Å². The Morgan fingerprint density at radius 3 is 2.77 bits per heavy atom. The molecule has 1 atom stereocenters. The molecule has 0 spiro atoms. The van der Waals surface area contributed by atoms with Crippen LogP contribution in [-0.2, 0) is 6.54 Å². The minimum absolute atomic E-state index is 0.334. The Kier molecular flexibility index (Phi) is 4.61. The summed E-state index contributed by atoms with van der Waals surface area (Å²) in [6, 6.07) is 15.4. The standard InChI is InChI=1S/C24H28N4O2/c1-2-6-21-20(5-1)26-24(17-8-11-25-14-17)28(21)19-9-12-27(13-10-19)15-18-4-3-7-22-23(18)30-16-29-22/h1-7,17,19,25H,8-16H2. The van der Waals surface area contributed by atoms with Crippen molar-refractivity contribution in [2.75, 3.05) is 33.0 Å². The van der Waals surface area contributed by atoms with Gasteiger partial charge in [-0.25, -0.2) is 4.98 Å². The zero-order valence-electron chi connectivity index (χ0n) is 17.2. The fourth-order valence-electron chi connectivity index (χ4n) is 5.30. The number of imidazole rings is 1. The maximum atomic E-state index is 5.70. The van der Waals surface area contributed by atoms with Crippen LogP contribution in [0.5, 0.6) is 11.5 Å². The van der Waals surface area contributed by atoms with Crippen LogP contribution < -0.4 is 14.8 Å². The minimum atomic E-state index is 0.334. The summed E-state index contributed by atoms with van der Waals surface area (Å²) in [7, 11) is 0. The molecule has 2 fully saturated rings. The van der Waals surface area contributed by atoms with Gasteiger partial charge in [0.05, 0.1) is 11.0 Å². The van der Waals surface area contributed by atoms with Crippen LogP contribution in [0.3, 0.4) is 0 Å². The summed E-state index contributed by atoms with van der Waals surface area (Å²) in [6.07, 6.45) is 3.49. The lowest BCUT2D eigenvalue weighted by Crippen LogP contribution is -2.35. The van der Waals surface area contributed by atoms with Crippen molar-refractivity contribution in [3.8, 4) is 11.5 Å². The van der Waals surface area contributed by atoms with E-state index in [1.807, 2.05) is 6.07 Å². The molecule has 1 unspecified atom stereocenters. The van der Waals surface area contributed by atoms with Gasteiger partial charge in [-0.1, -0.05) is 24.3 Å². The Labute approximate surface area is 176 Å². The molecule has 6 rings (SSSR count). The number of hydrogen-bond donors (Lipinski definition) is 1. The maximum Gasteiger partial charge on any atom is 0.231 e. The third kappa shape index (κ3) is 3.15. The monoisotopic (exact) mass is 404 g/mol. The first-order valence-electron chi connectivity index (χ1n) is 11.1. The molecular formula is C24H28N4O2. The van der Waals surface area contributed by atoms with Crippen LogP contribution in [0.4, 0.5) is 0 Å². The quantitative estimate of drug-likeness (QED) is 0.719. The first-order chi connectivity index (χ1) is 14.9. The number of hydrogen-bond acceptors (Lipinski definition) is 5. The van der Waals surface area contributed by atoms with Crippen molar-refractivity contribution >= 4 is 11.0 Å². The van der Waals surface area contributed by atoms with Crippen molar-refractivity contribution in [1.29, 1.82) is 0 Å². The molecule has 6 heteroatoms. The van der Waals surface area contributed by atoms with E-state index in [-0.39, 0.29) is 0 Å². The van der Waals surface area contributed by atoms with Crippen molar-refractivity contribution in [2.45, 2.75) is 37.8 Å². The van der Waals surface area contributed by atoms with Crippen molar-refractivity contribution in [2.24, 2.45) is 0 Å². The van der Waals surface area contributed by atoms with E-state index in [4.69, 9.17) is 14.5 Å². The zero-order chi connectivity index (χ0) is 19.9. The SMILES string of the molecule is c1cc(CN2CCC(n3c(C4CCNC4)nc4ccccc43)CC2)c2c(c1)OCO2.